The standard InChI is InChI=1S/C38H49N5O9S/c1-4-23-18-22(2)10-5-6-11-24-20-38(24,35(46)42-53(49,50)37(3)15-16-37)41-31(44)29-19-25(21-43(29)34(45)30(23)39-36(47)48)52-33-28-13-8-7-12-26(28)27-14-9-17-51-32(27)40-33/h6-8,11-13,22-25,29-30,39H,4-5,9-10,14-21H2,1-3H3,(H,41,44)(H,42,46)(H,47,48)/b11-6-/t22-,23+,24+,25+,29-,30-,38+/m0/s1. The van der Waals surface area contributed by atoms with Crippen LogP contribution in [0.5, 0.6) is 11.8 Å². The van der Waals surface area contributed by atoms with Crippen molar-refractivity contribution in [3.63, 3.8) is 0 Å². The highest BCUT2D eigenvalue weighted by atomic mass is 32.2. The van der Waals surface area contributed by atoms with Crippen LogP contribution in [0.3, 0.4) is 0 Å². The number of carboxylic acid groups (broad SMARTS) is 1. The van der Waals surface area contributed by atoms with Gasteiger partial charge in [-0.25, -0.2) is 13.2 Å². The number of aromatic nitrogens is 1. The first kappa shape index (κ1) is 36.9. The van der Waals surface area contributed by atoms with Crippen LogP contribution >= 0.6 is 0 Å². The zero-order chi connectivity index (χ0) is 37.7. The van der Waals surface area contributed by atoms with Gasteiger partial charge in [-0.15, -0.1) is 0 Å². The van der Waals surface area contributed by atoms with Crippen molar-refractivity contribution < 1.29 is 42.2 Å². The molecule has 4 heterocycles. The van der Waals surface area contributed by atoms with Crippen LogP contribution in [0.25, 0.3) is 10.8 Å². The van der Waals surface area contributed by atoms with Crippen molar-refractivity contribution in [2.75, 3.05) is 13.2 Å². The molecule has 0 radical (unpaired) electrons. The third-order valence-corrected chi connectivity index (χ3v) is 14.1. The van der Waals surface area contributed by atoms with Gasteiger partial charge in [-0.05, 0) is 81.6 Å². The molecular weight excluding hydrogens is 703 g/mol. The van der Waals surface area contributed by atoms with Crippen molar-refractivity contribution in [2.45, 2.75) is 113 Å². The lowest BCUT2D eigenvalue weighted by Crippen LogP contribution is -2.59. The Balaban J connectivity index is 1.24. The van der Waals surface area contributed by atoms with E-state index in [2.05, 4.69) is 22.3 Å². The Hall–Kier alpha value is -4.40. The number of allylic oxidation sites excluding steroid dienone is 1. The fourth-order valence-corrected chi connectivity index (χ4v) is 9.55. The number of ether oxygens (including phenoxy) is 2. The van der Waals surface area contributed by atoms with Gasteiger partial charge in [0.1, 0.15) is 23.7 Å². The maximum atomic E-state index is 14.6. The van der Waals surface area contributed by atoms with E-state index in [9.17, 15) is 32.7 Å². The molecule has 1 saturated heterocycles. The minimum atomic E-state index is -4.00. The van der Waals surface area contributed by atoms with Crippen LogP contribution in [-0.2, 0) is 30.8 Å². The molecule has 53 heavy (non-hydrogen) atoms. The Morgan fingerprint density at radius 1 is 1.17 bits per heavy atom. The fraction of sp³-hybridized carbons (Fsp3) is 0.605. The molecular formula is C38H49N5O9S. The Bertz CT molecular complexity index is 1950. The maximum Gasteiger partial charge on any atom is 0.405 e. The lowest BCUT2D eigenvalue weighted by atomic mass is 9.85. The minimum absolute atomic E-state index is 0.0209. The largest absolute Gasteiger partial charge is 0.477 e. The van der Waals surface area contributed by atoms with Gasteiger partial charge in [0.25, 0.3) is 5.91 Å². The summed E-state index contributed by atoms with van der Waals surface area (Å²) in [6.45, 7) is 6.02. The highest BCUT2D eigenvalue weighted by Gasteiger charge is 2.63. The molecule has 4 amide bonds. The fourth-order valence-electron chi connectivity index (χ4n) is 8.24. The first-order chi connectivity index (χ1) is 25.2. The molecule has 2 aromatic rings. The van der Waals surface area contributed by atoms with Crippen molar-refractivity contribution in [1.82, 2.24) is 25.2 Å². The number of nitrogens with zero attached hydrogens (tertiary/aromatic N) is 2. The van der Waals surface area contributed by atoms with Crippen LogP contribution in [0.15, 0.2) is 36.4 Å². The zero-order valence-corrected chi connectivity index (χ0v) is 31.2. The number of amides is 4. The highest BCUT2D eigenvalue weighted by Crippen LogP contribution is 2.48. The molecule has 3 aliphatic heterocycles. The van der Waals surface area contributed by atoms with Gasteiger partial charge < -0.3 is 30.1 Å². The number of nitrogens with one attached hydrogen (secondary N) is 3. The second-order valence-corrected chi connectivity index (χ2v) is 18.0. The van der Waals surface area contributed by atoms with E-state index in [1.165, 1.54) is 4.90 Å². The number of aryl methyl sites for hydroxylation is 1. The van der Waals surface area contributed by atoms with Gasteiger partial charge in [-0.2, -0.15) is 4.98 Å². The molecule has 15 heteroatoms. The molecule has 7 atom stereocenters. The molecule has 0 unspecified atom stereocenters. The molecule has 14 nitrogen and oxygen atoms in total. The van der Waals surface area contributed by atoms with E-state index in [0.29, 0.717) is 50.5 Å². The summed E-state index contributed by atoms with van der Waals surface area (Å²) in [4.78, 5) is 61.1. The van der Waals surface area contributed by atoms with Gasteiger partial charge in [-0.3, -0.25) is 19.1 Å². The number of carbonyl (C=O) groups is 4. The number of pyridine rings is 1. The Kier molecular flexibility index (Phi) is 9.83. The van der Waals surface area contributed by atoms with Crippen molar-refractivity contribution in [3.8, 4) is 11.8 Å². The molecule has 1 aromatic heterocycles. The molecule has 2 saturated carbocycles. The summed E-state index contributed by atoms with van der Waals surface area (Å²) < 4.78 is 40.0. The molecule has 1 aromatic carbocycles. The molecule has 286 valence electrons. The predicted molar refractivity (Wildman–Crippen MR) is 195 cm³/mol. The van der Waals surface area contributed by atoms with Gasteiger partial charge in [-0.1, -0.05) is 50.6 Å². The second kappa shape index (κ2) is 14.1. The SMILES string of the molecule is CC[C@@H]1C[C@@H](C)CC/C=C\[C@@H]2C[C@@]2(C(=O)NS(=O)(=O)C2(C)CC2)NC(=O)[C@@H]2C[C@@H](Oc3nc4c(c5ccccc35)CCCO4)CN2C(=O)[C@H]1NC(=O)O. The zero-order valence-electron chi connectivity index (χ0n) is 30.4. The van der Waals surface area contributed by atoms with E-state index in [1.807, 2.05) is 43.3 Å². The maximum absolute atomic E-state index is 14.6. The van der Waals surface area contributed by atoms with Crippen LogP contribution in [0, 0.1) is 17.8 Å². The summed E-state index contributed by atoms with van der Waals surface area (Å²) in [6, 6.07) is 5.40. The van der Waals surface area contributed by atoms with Gasteiger partial charge in [0.05, 0.1) is 17.9 Å². The van der Waals surface area contributed by atoms with Gasteiger partial charge in [0.15, 0.2) is 0 Å². The lowest BCUT2D eigenvalue weighted by molar-refractivity contribution is -0.142. The van der Waals surface area contributed by atoms with Crippen LogP contribution in [0.2, 0.25) is 0 Å². The van der Waals surface area contributed by atoms with Crippen molar-refractivity contribution in [1.29, 1.82) is 0 Å². The molecule has 4 N–H and O–H groups in total. The first-order valence-corrected chi connectivity index (χ1v) is 20.3. The number of hydrogen-bond donors (Lipinski definition) is 4. The summed E-state index contributed by atoms with van der Waals surface area (Å²) in [5.41, 5.74) is -0.548. The summed E-state index contributed by atoms with van der Waals surface area (Å²) in [5.74, 6) is -1.92. The van der Waals surface area contributed by atoms with Gasteiger partial charge in [0, 0.05) is 23.3 Å². The molecule has 7 rings (SSSR count). The van der Waals surface area contributed by atoms with Gasteiger partial charge >= 0.3 is 6.09 Å². The van der Waals surface area contributed by atoms with E-state index in [-0.39, 0.29) is 31.2 Å². The molecule has 0 bridgehead atoms. The topological polar surface area (TPSA) is 193 Å². The van der Waals surface area contributed by atoms with Crippen molar-refractivity contribution >= 4 is 44.6 Å². The third-order valence-electron chi connectivity index (χ3n) is 11.9. The average Bonchev–Trinajstić information content (AvgIpc) is 4.01. The van der Waals surface area contributed by atoms with Crippen molar-refractivity contribution in [2.24, 2.45) is 17.8 Å². The third kappa shape index (κ3) is 7.16. The Morgan fingerprint density at radius 2 is 1.92 bits per heavy atom. The average molecular weight is 752 g/mol. The highest BCUT2D eigenvalue weighted by molar-refractivity contribution is 7.91. The Morgan fingerprint density at radius 3 is 2.64 bits per heavy atom. The number of benzene rings is 1. The van der Waals surface area contributed by atoms with E-state index in [0.717, 1.165) is 35.6 Å². The number of fused-ring (bicyclic) bond motifs is 5. The lowest BCUT2D eigenvalue weighted by Gasteiger charge is -2.33. The van der Waals surface area contributed by atoms with Crippen LogP contribution < -0.4 is 24.8 Å². The second-order valence-electron chi connectivity index (χ2n) is 15.8. The van der Waals surface area contributed by atoms with E-state index in [4.69, 9.17) is 14.5 Å². The predicted octanol–water partition coefficient (Wildman–Crippen LogP) is 3.82. The number of carbonyl (C=O) groups excluding carboxylic acids is 3. The smallest absolute Gasteiger partial charge is 0.405 e. The van der Waals surface area contributed by atoms with E-state index >= 15 is 0 Å². The molecule has 3 fully saturated rings. The number of sulfonamides is 1. The summed E-state index contributed by atoms with van der Waals surface area (Å²) >= 11 is 0. The number of rotatable bonds is 7. The summed E-state index contributed by atoms with van der Waals surface area (Å²) in [6.07, 6.45) is 6.97. The summed E-state index contributed by atoms with van der Waals surface area (Å²) in [7, 11) is -4.00. The molecule has 2 aliphatic carbocycles. The molecule has 5 aliphatic rings. The normalized spacial score (nSPS) is 31.6. The Labute approximate surface area is 309 Å². The van der Waals surface area contributed by atoms with Crippen LogP contribution in [0.1, 0.15) is 84.1 Å². The van der Waals surface area contributed by atoms with E-state index in [1.54, 1.807) is 6.92 Å². The van der Waals surface area contributed by atoms with E-state index < -0.39 is 68.2 Å². The first-order valence-electron chi connectivity index (χ1n) is 18.8. The summed E-state index contributed by atoms with van der Waals surface area (Å²) in [5, 5.41) is 16.9. The van der Waals surface area contributed by atoms with Gasteiger partial charge in [0.2, 0.25) is 33.6 Å². The van der Waals surface area contributed by atoms with Crippen molar-refractivity contribution in [3.05, 3.63) is 42.0 Å². The minimum Gasteiger partial charge on any atom is -0.477 e. The van der Waals surface area contributed by atoms with Crippen LogP contribution in [0.4, 0.5) is 4.79 Å². The quantitative estimate of drug-likeness (QED) is 0.303. The molecule has 0 spiro atoms. The monoisotopic (exact) mass is 751 g/mol. The van der Waals surface area contributed by atoms with Crippen LogP contribution in [-0.4, -0.2) is 88.8 Å². The number of hydrogen-bond acceptors (Lipinski definition) is 9.